The Morgan fingerprint density at radius 3 is 2.76 bits per heavy atom. The van der Waals surface area contributed by atoms with Crippen LogP contribution in [0.15, 0.2) is 23.3 Å². The van der Waals surface area contributed by atoms with Gasteiger partial charge in [0.15, 0.2) is 0 Å². The standard InChI is InChI=1S/C10H11ClFN3O2/c11-6-1-2-7(8(12)5-6)10(17)9(16)3-4-14-15-13/h1-2,5,9-10,16-17H,3-4H2. The quantitative estimate of drug-likeness (QED) is 0.483. The summed E-state index contributed by atoms with van der Waals surface area (Å²) in [5.41, 5.74) is 8.01. The lowest BCUT2D eigenvalue weighted by Crippen LogP contribution is -2.20. The van der Waals surface area contributed by atoms with E-state index in [1.807, 2.05) is 0 Å². The predicted molar refractivity (Wildman–Crippen MR) is 61.0 cm³/mol. The molecule has 2 unspecified atom stereocenters. The maximum Gasteiger partial charge on any atom is 0.130 e. The number of aliphatic hydroxyl groups excluding tert-OH is 2. The van der Waals surface area contributed by atoms with E-state index in [1.54, 1.807) is 0 Å². The van der Waals surface area contributed by atoms with Gasteiger partial charge >= 0.3 is 0 Å². The molecular formula is C10H11ClFN3O2. The van der Waals surface area contributed by atoms with Gasteiger partial charge in [-0.05, 0) is 24.1 Å². The van der Waals surface area contributed by atoms with Gasteiger partial charge in [-0.25, -0.2) is 4.39 Å². The minimum Gasteiger partial charge on any atom is -0.390 e. The first-order valence-corrected chi connectivity index (χ1v) is 5.26. The average molecular weight is 260 g/mol. The number of hydrogen-bond acceptors (Lipinski definition) is 3. The van der Waals surface area contributed by atoms with Crippen LogP contribution in [0.4, 0.5) is 4.39 Å². The van der Waals surface area contributed by atoms with E-state index in [0.29, 0.717) is 0 Å². The number of halogens is 2. The minimum atomic E-state index is -1.37. The summed E-state index contributed by atoms with van der Waals surface area (Å²) in [6.45, 7) is 0.0317. The lowest BCUT2D eigenvalue weighted by atomic mass is 10.0. The Morgan fingerprint density at radius 1 is 1.47 bits per heavy atom. The highest BCUT2D eigenvalue weighted by molar-refractivity contribution is 6.30. The molecule has 92 valence electrons. The van der Waals surface area contributed by atoms with Crippen LogP contribution in [0, 0.1) is 5.82 Å². The molecule has 0 fully saturated rings. The third-order valence-corrected chi connectivity index (χ3v) is 2.47. The molecule has 0 saturated carbocycles. The van der Waals surface area contributed by atoms with E-state index >= 15 is 0 Å². The molecule has 0 aliphatic rings. The van der Waals surface area contributed by atoms with Crippen LogP contribution in [-0.4, -0.2) is 22.9 Å². The fraction of sp³-hybridized carbons (Fsp3) is 0.400. The highest BCUT2D eigenvalue weighted by Crippen LogP contribution is 2.24. The molecule has 17 heavy (non-hydrogen) atoms. The number of azide groups is 1. The van der Waals surface area contributed by atoms with E-state index < -0.39 is 18.0 Å². The Labute approximate surface area is 102 Å². The summed E-state index contributed by atoms with van der Waals surface area (Å²) in [7, 11) is 0. The normalized spacial score (nSPS) is 13.9. The van der Waals surface area contributed by atoms with Gasteiger partial charge in [-0.3, -0.25) is 0 Å². The molecule has 7 heteroatoms. The molecule has 0 heterocycles. The van der Waals surface area contributed by atoms with Gasteiger partial charge in [0.1, 0.15) is 11.9 Å². The molecule has 0 radical (unpaired) electrons. The Morgan fingerprint density at radius 2 is 2.18 bits per heavy atom. The molecule has 1 aromatic rings. The number of aliphatic hydroxyl groups is 2. The molecular weight excluding hydrogens is 249 g/mol. The van der Waals surface area contributed by atoms with E-state index in [4.69, 9.17) is 17.1 Å². The van der Waals surface area contributed by atoms with Gasteiger partial charge in [0.2, 0.25) is 0 Å². The van der Waals surface area contributed by atoms with Crippen molar-refractivity contribution in [2.24, 2.45) is 5.11 Å². The number of rotatable bonds is 5. The molecule has 5 nitrogen and oxygen atoms in total. The van der Waals surface area contributed by atoms with Gasteiger partial charge in [-0.2, -0.15) is 0 Å². The molecule has 0 aromatic heterocycles. The Bertz CT molecular complexity index is 438. The van der Waals surface area contributed by atoms with Crippen LogP contribution in [0.3, 0.4) is 0 Å². The highest BCUT2D eigenvalue weighted by Gasteiger charge is 2.21. The summed E-state index contributed by atoms with van der Waals surface area (Å²) in [5.74, 6) is -0.687. The second-order valence-corrected chi connectivity index (χ2v) is 3.86. The van der Waals surface area contributed by atoms with E-state index in [-0.39, 0.29) is 23.6 Å². The largest absolute Gasteiger partial charge is 0.390 e. The van der Waals surface area contributed by atoms with Crippen LogP contribution in [0.2, 0.25) is 5.02 Å². The van der Waals surface area contributed by atoms with Crippen molar-refractivity contribution in [1.82, 2.24) is 0 Å². The third kappa shape index (κ3) is 3.87. The summed E-state index contributed by atoms with van der Waals surface area (Å²) in [6.07, 6.45) is -2.52. The number of hydrogen-bond donors (Lipinski definition) is 2. The van der Waals surface area contributed by atoms with Crippen molar-refractivity contribution in [3.05, 3.63) is 45.0 Å². The molecule has 1 aromatic carbocycles. The molecule has 0 saturated heterocycles. The fourth-order valence-corrected chi connectivity index (χ4v) is 1.50. The average Bonchev–Trinajstić information content (AvgIpc) is 2.28. The lowest BCUT2D eigenvalue weighted by Gasteiger charge is -2.17. The zero-order chi connectivity index (χ0) is 12.8. The second-order valence-electron chi connectivity index (χ2n) is 3.42. The molecule has 0 bridgehead atoms. The maximum atomic E-state index is 13.4. The Kier molecular flexibility index (Phi) is 5.18. The zero-order valence-electron chi connectivity index (χ0n) is 8.79. The number of nitrogens with zero attached hydrogens (tertiary/aromatic N) is 3. The molecule has 0 aliphatic heterocycles. The minimum absolute atomic E-state index is 0.0317. The van der Waals surface area contributed by atoms with E-state index in [2.05, 4.69) is 10.0 Å². The van der Waals surface area contributed by atoms with Crippen LogP contribution in [0.25, 0.3) is 10.4 Å². The van der Waals surface area contributed by atoms with Crippen molar-refractivity contribution in [1.29, 1.82) is 0 Å². The van der Waals surface area contributed by atoms with Crippen LogP contribution in [0.1, 0.15) is 18.1 Å². The number of benzene rings is 1. The van der Waals surface area contributed by atoms with Crippen LogP contribution < -0.4 is 0 Å². The SMILES string of the molecule is [N-]=[N+]=NCCC(O)C(O)c1ccc(Cl)cc1F. The van der Waals surface area contributed by atoms with Gasteiger partial charge in [0.05, 0.1) is 6.10 Å². The molecule has 0 amide bonds. The van der Waals surface area contributed by atoms with Crippen molar-refractivity contribution in [2.75, 3.05) is 6.54 Å². The van der Waals surface area contributed by atoms with E-state index in [9.17, 15) is 14.6 Å². The van der Waals surface area contributed by atoms with Crippen molar-refractivity contribution >= 4 is 11.6 Å². The summed E-state index contributed by atoms with van der Waals surface area (Å²) in [6, 6.07) is 3.78. The van der Waals surface area contributed by atoms with Crippen molar-refractivity contribution < 1.29 is 14.6 Å². The van der Waals surface area contributed by atoms with E-state index in [1.165, 1.54) is 12.1 Å². The molecule has 0 aliphatic carbocycles. The third-order valence-electron chi connectivity index (χ3n) is 2.23. The van der Waals surface area contributed by atoms with Crippen molar-refractivity contribution in [3.8, 4) is 0 Å². The molecule has 0 spiro atoms. The molecule has 2 atom stereocenters. The van der Waals surface area contributed by atoms with Gasteiger partial charge in [-0.15, -0.1) is 0 Å². The van der Waals surface area contributed by atoms with Gasteiger partial charge < -0.3 is 10.2 Å². The second kappa shape index (κ2) is 6.42. The smallest absolute Gasteiger partial charge is 0.130 e. The first-order chi connectivity index (χ1) is 8.06. The zero-order valence-corrected chi connectivity index (χ0v) is 9.55. The highest BCUT2D eigenvalue weighted by atomic mass is 35.5. The van der Waals surface area contributed by atoms with Crippen LogP contribution in [-0.2, 0) is 0 Å². The molecule has 2 N–H and O–H groups in total. The van der Waals surface area contributed by atoms with Gasteiger partial charge in [0.25, 0.3) is 0 Å². The Balaban J connectivity index is 2.73. The van der Waals surface area contributed by atoms with Gasteiger partial charge in [0, 0.05) is 22.0 Å². The fourth-order valence-electron chi connectivity index (χ4n) is 1.34. The van der Waals surface area contributed by atoms with Crippen LogP contribution >= 0.6 is 11.6 Å². The summed E-state index contributed by atoms with van der Waals surface area (Å²) in [4.78, 5) is 2.51. The summed E-state index contributed by atoms with van der Waals surface area (Å²) in [5, 5.41) is 22.7. The topological polar surface area (TPSA) is 89.2 Å². The first kappa shape index (κ1) is 13.7. The van der Waals surface area contributed by atoms with Crippen LogP contribution in [0.5, 0.6) is 0 Å². The monoisotopic (exact) mass is 259 g/mol. The van der Waals surface area contributed by atoms with E-state index in [0.717, 1.165) is 6.07 Å². The first-order valence-electron chi connectivity index (χ1n) is 4.88. The summed E-state index contributed by atoms with van der Waals surface area (Å²) < 4.78 is 13.4. The van der Waals surface area contributed by atoms with Crippen molar-refractivity contribution in [2.45, 2.75) is 18.6 Å². The predicted octanol–water partition coefficient (Wildman–Crippen LogP) is 2.57. The summed E-state index contributed by atoms with van der Waals surface area (Å²) >= 11 is 5.56. The Hall–Kier alpha value is -1.33. The molecule has 1 rings (SSSR count). The maximum absolute atomic E-state index is 13.4. The lowest BCUT2D eigenvalue weighted by molar-refractivity contribution is 0.0130. The van der Waals surface area contributed by atoms with Gasteiger partial charge in [-0.1, -0.05) is 22.8 Å². The van der Waals surface area contributed by atoms with Crippen molar-refractivity contribution in [3.63, 3.8) is 0 Å².